The summed E-state index contributed by atoms with van der Waals surface area (Å²) >= 11 is 3.26. The quantitative estimate of drug-likeness (QED) is 0.580. The largest absolute Gasteiger partial charge is 0.326 e. The van der Waals surface area contributed by atoms with Gasteiger partial charge in [-0.25, -0.2) is 4.98 Å². The molecule has 0 aliphatic heterocycles. The lowest BCUT2D eigenvalue weighted by molar-refractivity contribution is -0.115. The van der Waals surface area contributed by atoms with Gasteiger partial charge < -0.3 is 5.32 Å². The van der Waals surface area contributed by atoms with Gasteiger partial charge in [0.15, 0.2) is 4.34 Å². The number of hydrogen-bond acceptors (Lipinski definition) is 4. The molecule has 5 heteroatoms. The third-order valence-electron chi connectivity index (χ3n) is 3.80. The van der Waals surface area contributed by atoms with Crippen LogP contribution in [0, 0.1) is 13.8 Å². The maximum absolute atomic E-state index is 12.1. The van der Waals surface area contributed by atoms with Gasteiger partial charge in [0.05, 0.1) is 5.69 Å². The molecule has 0 aliphatic rings. The first-order valence-electron chi connectivity index (χ1n) is 8.12. The zero-order valence-corrected chi connectivity index (χ0v) is 15.9. The molecule has 2 aromatic carbocycles. The number of thioether (sulfide) groups is 1. The van der Waals surface area contributed by atoms with Crippen molar-refractivity contribution >= 4 is 34.7 Å². The normalized spacial score (nSPS) is 10.6. The number of hydrogen-bond donors (Lipinski definition) is 1. The molecule has 0 saturated heterocycles. The van der Waals surface area contributed by atoms with E-state index in [2.05, 4.69) is 46.9 Å². The number of rotatable bonds is 6. The monoisotopic (exact) mass is 368 g/mol. The zero-order chi connectivity index (χ0) is 17.6. The highest BCUT2D eigenvalue weighted by molar-refractivity contribution is 8.01. The minimum Gasteiger partial charge on any atom is -0.326 e. The van der Waals surface area contributed by atoms with Crippen LogP contribution in [0.3, 0.4) is 0 Å². The molecule has 3 nitrogen and oxygen atoms in total. The molecule has 0 bridgehead atoms. The molecule has 3 rings (SSSR count). The summed E-state index contributed by atoms with van der Waals surface area (Å²) in [6, 6.07) is 16.2. The summed E-state index contributed by atoms with van der Waals surface area (Å²) in [6.45, 7) is 4.07. The fraction of sp³-hybridized carbons (Fsp3) is 0.200. The van der Waals surface area contributed by atoms with Gasteiger partial charge in [-0.05, 0) is 25.5 Å². The van der Waals surface area contributed by atoms with Gasteiger partial charge in [-0.3, -0.25) is 4.79 Å². The average Bonchev–Trinajstić information content (AvgIpc) is 3.06. The van der Waals surface area contributed by atoms with Gasteiger partial charge >= 0.3 is 0 Å². The second-order valence-electron chi connectivity index (χ2n) is 5.83. The Kier molecular flexibility index (Phi) is 5.89. The summed E-state index contributed by atoms with van der Waals surface area (Å²) < 4.78 is 0.999. The van der Waals surface area contributed by atoms with E-state index < -0.39 is 0 Å². The highest BCUT2D eigenvalue weighted by Gasteiger charge is 2.08. The molecule has 0 saturated carbocycles. The molecule has 0 fully saturated rings. The molecule has 25 heavy (non-hydrogen) atoms. The first kappa shape index (κ1) is 17.7. The van der Waals surface area contributed by atoms with E-state index in [9.17, 15) is 4.79 Å². The predicted octanol–water partition coefficient (Wildman–Crippen LogP) is 5.55. The van der Waals surface area contributed by atoms with Crippen LogP contribution in [0.1, 0.15) is 17.5 Å². The molecule has 3 aromatic rings. The van der Waals surface area contributed by atoms with Crippen LogP contribution in [-0.4, -0.2) is 16.6 Å². The first-order valence-corrected chi connectivity index (χ1v) is 9.99. The molecular formula is C20H20N2OS2. The van der Waals surface area contributed by atoms with Gasteiger partial charge in [0.1, 0.15) is 0 Å². The number of amides is 1. The SMILES string of the molecule is Cc1ccc(-c2csc(SCCC(=O)Nc3ccccc3C)n2)cc1. The Morgan fingerprint density at radius 2 is 1.88 bits per heavy atom. The Morgan fingerprint density at radius 1 is 1.12 bits per heavy atom. The van der Waals surface area contributed by atoms with Crippen molar-refractivity contribution in [1.82, 2.24) is 4.98 Å². The third kappa shape index (κ3) is 4.94. The number of nitrogens with one attached hydrogen (secondary N) is 1. The van der Waals surface area contributed by atoms with E-state index in [1.165, 1.54) is 5.56 Å². The van der Waals surface area contributed by atoms with E-state index in [-0.39, 0.29) is 5.91 Å². The van der Waals surface area contributed by atoms with Gasteiger partial charge in [-0.15, -0.1) is 11.3 Å². The Morgan fingerprint density at radius 3 is 2.64 bits per heavy atom. The summed E-state index contributed by atoms with van der Waals surface area (Å²) in [4.78, 5) is 16.7. The number of anilines is 1. The van der Waals surface area contributed by atoms with E-state index in [1.54, 1.807) is 23.1 Å². The Balaban J connectivity index is 1.50. The highest BCUT2D eigenvalue weighted by atomic mass is 32.2. The van der Waals surface area contributed by atoms with Crippen molar-refractivity contribution in [3.8, 4) is 11.3 Å². The zero-order valence-electron chi connectivity index (χ0n) is 14.3. The molecule has 0 unspecified atom stereocenters. The second kappa shape index (κ2) is 8.32. The number of thiazole rings is 1. The van der Waals surface area contributed by atoms with Crippen molar-refractivity contribution in [2.24, 2.45) is 0 Å². The number of benzene rings is 2. The molecular weight excluding hydrogens is 348 g/mol. The predicted molar refractivity (Wildman–Crippen MR) is 107 cm³/mol. The molecule has 1 amide bonds. The van der Waals surface area contributed by atoms with Gasteiger partial charge in [0, 0.05) is 28.8 Å². The topological polar surface area (TPSA) is 42.0 Å². The van der Waals surface area contributed by atoms with Gasteiger partial charge in [-0.1, -0.05) is 59.8 Å². The molecule has 0 spiro atoms. The van der Waals surface area contributed by atoms with Crippen molar-refractivity contribution in [3.05, 3.63) is 65.0 Å². The van der Waals surface area contributed by atoms with Gasteiger partial charge in [-0.2, -0.15) is 0 Å². The fourth-order valence-corrected chi connectivity index (χ4v) is 4.18. The van der Waals surface area contributed by atoms with Crippen LogP contribution >= 0.6 is 23.1 Å². The van der Waals surface area contributed by atoms with E-state index in [0.29, 0.717) is 6.42 Å². The Labute approximate surface area is 156 Å². The Bertz CT molecular complexity index is 856. The standard InChI is InChI=1S/C20H20N2OS2/c1-14-7-9-16(10-8-14)18-13-25-20(22-18)24-12-11-19(23)21-17-6-4-3-5-15(17)2/h3-10,13H,11-12H2,1-2H3,(H,21,23). The first-order chi connectivity index (χ1) is 12.1. The van der Waals surface area contributed by atoms with Crippen LogP contribution in [0.4, 0.5) is 5.69 Å². The van der Waals surface area contributed by atoms with Crippen LogP contribution in [0.25, 0.3) is 11.3 Å². The molecule has 0 aliphatic carbocycles. The number of nitrogens with zero attached hydrogens (tertiary/aromatic N) is 1. The van der Waals surface area contributed by atoms with E-state index in [0.717, 1.165) is 32.6 Å². The van der Waals surface area contributed by atoms with Crippen molar-refractivity contribution in [3.63, 3.8) is 0 Å². The Hall–Kier alpha value is -2.11. The fourth-order valence-electron chi connectivity index (χ4n) is 2.34. The van der Waals surface area contributed by atoms with Gasteiger partial charge in [0.2, 0.25) is 5.91 Å². The van der Waals surface area contributed by atoms with Crippen molar-refractivity contribution in [2.45, 2.75) is 24.6 Å². The third-order valence-corrected chi connectivity index (χ3v) is 5.83. The van der Waals surface area contributed by atoms with Gasteiger partial charge in [0.25, 0.3) is 0 Å². The number of carbonyl (C=O) groups excluding carboxylic acids is 1. The minimum absolute atomic E-state index is 0.0390. The van der Waals surface area contributed by atoms with Crippen molar-refractivity contribution < 1.29 is 4.79 Å². The van der Waals surface area contributed by atoms with Crippen LogP contribution < -0.4 is 5.32 Å². The lowest BCUT2D eigenvalue weighted by atomic mass is 10.1. The summed E-state index contributed by atoms with van der Waals surface area (Å²) in [5.41, 5.74) is 5.33. The lowest BCUT2D eigenvalue weighted by Gasteiger charge is -2.07. The molecule has 0 radical (unpaired) electrons. The van der Waals surface area contributed by atoms with E-state index >= 15 is 0 Å². The summed E-state index contributed by atoms with van der Waals surface area (Å²) in [5, 5.41) is 5.03. The number of aryl methyl sites for hydroxylation is 2. The molecule has 1 heterocycles. The lowest BCUT2D eigenvalue weighted by Crippen LogP contribution is -2.12. The number of carbonyl (C=O) groups is 1. The highest BCUT2D eigenvalue weighted by Crippen LogP contribution is 2.28. The number of para-hydroxylation sites is 1. The van der Waals surface area contributed by atoms with Crippen molar-refractivity contribution in [1.29, 1.82) is 0 Å². The molecule has 1 N–H and O–H groups in total. The average molecular weight is 369 g/mol. The molecule has 0 atom stereocenters. The maximum Gasteiger partial charge on any atom is 0.225 e. The second-order valence-corrected chi connectivity index (χ2v) is 8.03. The van der Waals surface area contributed by atoms with Crippen LogP contribution in [-0.2, 0) is 4.79 Å². The summed E-state index contributed by atoms with van der Waals surface area (Å²) in [6.07, 6.45) is 0.471. The summed E-state index contributed by atoms with van der Waals surface area (Å²) in [5.74, 6) is 0.760. The van der Waals surface area contributed by atoms with Crippen LogP contribution in [0.2, 0.25) is 0 Å². The van der Waals surface area contributed by atoms with Crippen LogP contribution in [0.15, 0.2) is 58.3 Å². The minimum atomic E-state index is 0.0390. The van der Waals surface area contributed by atoms with E-state index in [4.69, 9.17) is 0 Å². The molecule has 128 valence electrons. The maximum atomic E-state index is 12.1. The summed E-state index contributed by atoms with van der Waals surface area (Å²) in [7, 11) is 0. The van der Waals surface area contributed by atoms with E-state index in [1.807, 2.05) is 31.2 Å². The smallest absolute Gasteiger partial charge is 0.225 e. The van der Waals surface area contributed by atoms with Crippen LogP contribution in [0.5, 0.6) is 0 Å². The molecule has 1 aromatic heterocycles. The number of aromatic nitrogens is 1. The van der Waals surface area contributed by atoms with Crippen molar-refractivity contribution in [2.75, 3.05) is 11.1 Å².